The molecular formula is C14H11F3O. The second-order valence-corrected chi connectivity index (χ2v) is 4.10. The van der Waals surface area contributed by atoms with Gasteiger partial charge in [0.25, 0.3) is 5.92 Å². The van der Waals surface area contributed by atoms with Gasteiger partial charge in [0, 0.05) is 18.1 Å². The molecule has 0 saturated carbocycles. The van der Waals surface area contributed by atoms with Crippen molar-refractivity contribution in [3.63, 3.8) is 0 Å². The molecule has 2 aromatic carbocycles. The van der Waals surface area contributed by atoms with Gasteiger partial charge in [-0.05, 0) is 23.8 Å². The Hall–Kier alpha value is -1.97. The number of rotatable bonds is 2. The van der Waals surface area contributed by atoms with E-state index in [1.54, 1.807) is 12.1 Å². The molecule has 4 heteroatoms. The number of phenols is 1. The van der Waals surface area contributed by atoms with Crippen LogP contribution in [0.5, 0.6) is 5.75 Å². The summed E-state index contributed by atoms with van der Waals surface area (Å²) in [7, 11) is 0. The van der Waals surface area contributed by atoms with Crippen molar-refractivity contribution in [1.82, 2.24) is 0 Å². The van der Waals surface area contributed by atoms with Crippen molar-refractivity contribution in [3.8, 4) is 16.9 Å². The van der Waals surface area contributed by atoms with Crippen molar-refractivity contribution in [1.29, 1.82) is 0 Å². The quantitative estimate of drug-likeness (QED) is 0.844. The predicted octanol–water partition coefficient (Wildman–Crippen LogP) is 4.31. The molecule has 0 atom stereocenters. The summed E-state index contributed by atoms with van der Waals surface area (Å²) in [4.78, 5) is 0. The Labute approximate surface area is 103 Å². The molecule has 0 saturated heterocycles. The number of alkyl halides is 2. The topological polar surface area (TPSA) is 20.2 Å². The number of hydrogen-bond donors (Lipinski definition) is 1. The lowest BCUT2D eigenvalue weighted by molar-refractivity contribution is 0.0178. The first kappa shape index (κ1) is 12.5. The summed E-state index contributed by atoms with van der Waals surface area (Å²) < 4.78 is 40.0. The Kier molecular flexibility index (Phi) is 3.03. The third-order valence-electron chi connectivity index (χ3n) is 2.65. The molecule has 0 aliphatic carbocycles. The van der Waals surface area contributed by atoms with Gasteiger partial charge in [0.2, 0.25) is 0 Å². The minimum atomic E-state index is -3.18. The van der Waals surface area contributed by atoms with Gasteiger partial charge >= 0.3 is 0 Å². The number of aromatic hydroxyl groups is 1. The van der Waals surface area contributed by atoms with Gasteiger partial charge in [-0.25, -0.2) is 13.2 Å². The Morgan fingerprint density at radius 1 is 1.00 bits per heavy atom. The summed E-state index contributed by atoms with van der Waals surface area (Å²) in [6.45, 7) is 0.700. The Morgan fingerprint density at radius 2 is 1.67 bits per heavy atom. The second kappa shape index (κ2) is 4.37. The van der Waals surface area contributed by atoms with Gasteiger partial charge < -0.3 is 5.11 Å². The first-order valence-corrected chi connectivity index (χ1v) is 5.36. The van der Waals surface area contributed by atoms with Crippen molar-refractivity contribution < 1.29 is 18.3 Å². The van der Waals surface area contributed by atoms with E-state index in [-0.39, 0.29) is 16.9 Å². The molecule has 0 fully saturated rings. The molecule has 0 heterocycles. The van der Waals surface area contributed by atoms with Crippen LogP contribution in [-0.4, -0.2) is 5.11 Å². The number of hydrogen-bond acceptors (Lipinski definition) is 1. The largest absolute Gasteiger partial charge is 0.507 e. The van der Waals surface area contributed by atoms with Gasteiger partial charge in [0.15, 0.2) is 0 Å². The highest BCUT2D eigenvalue weighted by Gasteiger charge is 2.29. The van der Waals surface area contributed by atoms with E-state index in [0.29, 0.717) is 6.92 Å². The standard InChI is InChI=1S/C14H11F3O/c1-14(16,17)12-8-9(15)6-7-10(12)11-4-2-3-5-13(11)18/h2-8,18H,1H3. The van der Waals surface area contributed by atoms with Crippen molar-refractivity contribution in [2.24, 2.45) is 0 Å². The zero-order chi connectivity index (χ0) is 13.3. The fraction of sp³-hybridized carbons (Fsp3) is 0.143. The van der Waals surface area contributed by atoms with E-state index in [1.807, 2.05) is 0 Å². The smallest absolute Gasteiger partial charge is 0.271 e. The molecule has 0 aliphatic heterocycles. The number of halogens is 3. The van der Waals surface area contributed by atoms with E-state index in [4.69, 9.17) is 0 Å². The van der Waals surface area contributed by atoms with Crippen LogP contribution in [0.3, 0.4) is 0 Å². The van der Waals surface area contributed by atoms with E-state index in [1.165, 1.54) is 18.2 Å². The maximum Gasteiger partial charge on any atom is 0.271 e. The van der Waals surface area contributed by atoms with Crippen LogP contribution >= 0.6 is 0 Å². The summed E-state index contributed by atoms with van der Waals surface area (Å²) in [6, 6.07) is 9.26. The monoisotopic (exact) mass is 252 g/mol. The molecule has 0 radical (unpaired) electrons. The maximum absolute atomic E-state index is 13.5. The van der Waals surface area contributed by atoms with Crippen LogP contribution in [-0.2, 0) is 5.92 Å². The number of phenolic OH excluding ortho intramolecular Hbond substituents is 1. The van der Waals surface area contributed by atoms with Crippen molar-refractivity contribution in [2.75, 3.05) is 0 Å². The van der Waals surface area contributed by atoms with Crippen molar-refractivity contribution in [3.05, 3.63) is 53.8 Å². The summed E-state index contributed by atoms with van der Waals surface area (Å²) in [6.07, 6.45) is 0. The fourth-order valence-corrected chi connectivity index (χ4v) is 1.82. The molecular weight excluding hydrogens is 241 g/mol. The third kappa shape index (κ3) is 2.32. The molecule has 0 bridgehead atoms. The zero-order valence-corrected chi connectivity index (χ0v) is 9.62. The van der Waals surface area contributed by atoms with Gasteiger partial charge in [-0.3, -0.25) is 0 Å². The summed E-state index contributed by atoms with van der Waals surface area (Å²) in [5.74, 6) is -4.03. The first-order valence-electron chi connectivity index (χ1n) is 5.36. The van der Waals surface area contributed by atoms with Gasteiger partial charge in [-0.2, -0.15) is 0 Å². The van der Waals surface area contributed by atoms with Crippen LogP contribution in [0.2, 0.25) is 0 Å². The lowest BCUT2D eigenvalue weighted by atomic mass is 9.95. The highest BCUT2D eigenvalue weighted by Crippen LogP contribution is 2.39. The molecule has 1 nitrogen and oxygen atoms in total. The number of para-hydroxylation sites is 1. The normalized spacial score (nSPS) is 11.6. The molecule has 0 unspecified atom stereocenters. The van der Waals surface area contributed by atoms with Crippen LogP contribution in [0.4, 0.5) is 13.2 Å². The first-order chi connectivity index (χ1) is 8.39. The molecule has 0 aliphatic rings. The number of benzene rings is 2. The average Bonchev–Trinajstić information content (AvgIpc) is 2.29. The van der Waals surface area contributed by atoms with E-state index in [9.17, 15) is 18.3 Å². The van der Waals surface area contributed by atoms with Crippen molar-refractivity contribution in [2.45, 2.75) is 12.8 Å². The second-order valence-electron chi connectivity index (χ2n) is 4.10. The van der Waals surface area contributed by atoms with Gasteiger partial charge in [0.1, 0.15) is 11.6 Å². The minimum Gasteiger partial charge on any atom is -0.507 e. The lowest BCUT2D eigenvalue weighted by Gasteiger charge is -2.16. The molecule has 94 valence electrons. The summed E-state index contributed by atoms with van der Waals surface area (Å²) in [5.41, 5.74) is -0.0555. The maximum atomic E-state index is 13.5. The molecule has 0 aromatic heterocycles. The molecule has 2 rings (SSSR count). The van der Waals surface area contributed by atoms with Crippen LogP contribution in [0.1, 0.15) is 12.5 Å². The molecule has 0 spiro atoms. The van der Waals surface area contributed by atoms with Gasteiger partial charge in [0.05, 0.1) is 0 Å². The molecule has 1 N–H and O–H groups in total. The molecule has 18 heavy (non-hydrogen) atoms. The fourth-order valence-electron chi connectivity index (χ4n) is 1.82. The SMILES string of the molecule is CC(F)(F)c1cc(F)ccc1-c1ccccc1O. The van der Waals surface area contributed by atoms with Crippen LogP contribution < -0.4 is 0 Å². The van der Waals surface area contributed by atoms with Gasteiger partial charge in [-0.15, -0.1) is 0 Å². The van der Waals surface area contributed by atoms with Crippen LogP contribution in [0.15, 0.2) is 42.5 Å². The van der Waals surface area contributed by atoms with Crippen LogP contribution in [0, 0.1) is 5.82 Å². The highest BCUT2D eigenvalue weighted by molar-refractivity contribution is 5.73. The third-order valence-corrected chi connectivity index (χ3v) is 2.65. The Morgan fingerprint density at radius 3 is 2.28 bits per heavy atom. The van der Waals surface area contributed by atoms with Gasteiger partial charge in [-0.1, -0.05) is 24.3 Å². The van der Waals surface area contributed by atoms with E-state index in [2.05, 4.69) is 0 Å². The molecule has 0 amide bonds. The Balaban J connectivity index is 2.69. The minimum absolute atomic E-state index is 0.116. The Bertz CT molecular complexity index is 573. The highest BCUT2D eigenvalue weighted by atomic mass is 19.3. The molecule has 2 aromatic rings. The lowest BCUT2D eigenvalue weighted by Crippen LogP contribution is -2.09. The van der Waals surface area contributed by atoms with E-state index < -0.39 is 17.3 Å². The summed E-state index contributed by atoms with van der Waals surface area (Å²) >= 11 is 0. The van der Waals surface area contributed by atoms with E-state index >= 15 is 0 Å². The van der Waals surface area contributed by atoms with Crippen molar-refractivity contribution >= 4 is 0 Å². The summed E-state index contributed by atoms with van der Waals surface area (Å²) in [5, 5.41) is 9.68. The average molecular weight is 252 g/mol. The van der Waals surface area contributed by atoms with Crippen LogP contribution in [0.25, 0.3) is 11.1 Å². The zero-order valence-electron chi connectivity index (χ0n) is 9.62. The predicted molar refractivity (Wildman–Crippen MR) is 63.1 cm³/mol. The van der Waals surface area contributed by atoms with E-state index in [0.717, 1.165) is 12.1 Å².